The molecule has 174 valence electrons. The predicted octanol–water partition coefficient (Wildman–Crippen LogP) is 3.86. The van der Waals surface area contributed by atoms with Crippen molar-refractivity contribution in [2.75, 3.05) is 19.7 Å². The van der Waals surface area contributed by atoms with E-state index in [1.54, 1.807) is 13.8 Å². The molecule has 4 rings (SSSR count). The van der Waals surface area contributed by atoms with E-state index in [4.69, 9.17) is 21.6 Å². The minimum atomic E-state index is -0.314. The summed E-state index contributed by atoms with van der Waals surface area (Å²) in [5.41, 5.74) is 14.5. The Morgan fingerprint density at radius 1 is 1.16 bits per heavy atom. The van der Waals surface area contributed by atoms with Gasteiger partial charge in [0.1, 0.15) is 12.4 Å². The number of fused-ring (bicyclic) bond motifs is 3. The number of allylic oxidation sites excluding steroid dienone is 1. The number of rotatable bonds is 9. The lowest BCUT2D eigenvalue weighted by Gasteiger charge is -2.52. The normalized spacial score (nSPS) is 25.8. The van der Waals surface area contributed by atoms with Crippen LogP contribution in [0.25, 0.3) is 0 Å². The highest BCUT2D eigenvalue weighted by atomic mass is 19.1. The van der Waals surface area contributed by atoms with Crippen LogP contribution in [-0.4, -0.2) is 31.3 Å². The number of nitrogens with one attached hydrogen (secondary N) is 2. The summed E-state index contributed by atoms with van der Waals surface area (Å²) < 4.78 is 18.3. The average molecular weight is 443 g/mol. The van der Waals surface area contributed by atoms with Gasteiger partial charge in [0, 0.05) is 41.1 Å². The Morgan fingerprint density at radius 3 is 2.22 bits per heavy atom. The van der Waals surface area contributed by atoms with Gasteiger partial charge in [0.2, 0.25) is 5.91 Å². The lowest BCUT2D eigenvalue weighted by Crippen LogP contribution is -2.52. The molecule has 6 N–H and O–H groups in total. The minimum absolute atomic E-state index is 0.0890. The van der Waals surface area contributed by atoms with E-state index in [1.165, 1.54) is 5.56 Å². The fraction of sp³-hybridized carbons (Fsp3) is 0.520. The van der Waals surface area contributed by atoms with Crippen LogP contribution in [0.1, 0.15) is 57.9 Å². The third kappa shape index (κ3) is 4.88. The van der Waals surface area contributed by atoms with Crippen LogP contribution in [0, 0.1) is 10.8 Å². The van der Waals surface area contributed by atoms with E-state index in [9.17, 15) is 9.18 Å². The molecule has 3 fully saturated rings. The second-order valence-corrected chi connectivity index (χ2v) is 9.31. The lowest BCUT2D eigenvalue weighted by atomic mass is 9.51. The first-order valence-corrected chi connectivity index (χ1v) is 11.3. The summed E-state index contributed by atoms with van der Waals surface area (Å²) in [6.45, 7) is 4.05. The van der Waals surface area contributed by atoms with Crippen molar-refractivity contribution >= 4 is 11.6 Å². The van der Waals surface area contributed by atoms with Gasteiger partial charge < -0.3 is 26.9 Å². The monoisotopic (exact) mass is 442 g/mol. The third-order valence-corrected chi connectivity index (χ3v) is 7.39. The smallest absolute Gasteiger partial charge is 0.226 e. The SMILES string of the molecule is CC(=N)/C(CNC(=O)C12CCC(c3ccc(OC/C(=C/F)CN)cc3)(CC1)CC2)=C(/C)N. The van der Waals surface area contributed by atoms with Crippen LogP contribution >= 0.6 is 0 Å². The van der Waals surface area contributed by atoms with Crippen molar-refractivity contribution in [1.29, 1.82) is 5.41 Å². The molecule has 0 atom stereocenters. The Morgan fingerprint density at radius 2 is 1.75 bits per heavy atom. The highest BCUT2D eigenvalue weighted by Crippen LogP contribution is 2.57. The Bertz CT molecular complexity index is 892. The highest BCUT2D eigenvalue weighted by Gasteiger charge is 2.52. The van der Waals surface area contributed by atoms with Crippen LogP contribution in [0.3, 0.4) is 0 Å². The predicted molar refractivity (Wildman–Crippen MR) is 125 cm³/mol. The first-order chi connectivity index (χ1) is 15.2. The van der Waals surface area contributed by atoms with Gasteiger partial charge in [0.25, 0.3) is 0 Å². The average Bonchev–Trinajstić information content (AvgIpc) is 2.81. The topological polar surface area (TPSA) is 114 Å². The number of hydrogen-bond acceptors (Lipinski definition) is 5. The molecule has 6 nitrogen and oxygen atoms in total. The zero-order valence-corrected chi connectivity index (χ0v) is 19.1. The molecular formula is C25H35FN4O2. The fourth-order valence-corrected chi connectivity index (χ4v) is 5.10. The molecule has 2 bridgehead atoms. The first kappa shape index (κ1) is 24.0. The van der Waals surface area contributed by atoms with Gasteiger partial charge in [0.05, 0.1) is 6.33 Å². The van der Waals surface area contributed by atoms with E-state index >= 15 is 0 Å². The molecule has 0 heterocycles. The van der Waals surface area contributed by atoms with Crippen LogP contribution in [0.5, 0.6) is 5.75 Å². The zero-order chi connectivity index (χ0) is 23.4. The fourth-order valence-electron chi connectivity index (χ4n) is 5.10. The van der Waals surface area contributed by atoms with Gasteiger partial charge in [0.15, 0.2) is 0 Å². The van der Waals surface area contributed by atoms with E-state index in [-0.39, 0.29) is 29.9 Å². The molecule has 7 heteroatoms. The molecule has 1 amide bonds. The van der Waals surface area contributed by atoms with E-state index < -0.39 is 0 Å². The van der Waals surface area contributed by atoms with Crippen LogP contribution in [0.15, 0.2) is 47.4 Å². The third-order valence-electron chi connectivity index (χ3n) is 7.39. The van der Waals surface area contributed by atoms with Crippen molar-refractivity contribution in [3.8, 4) is 5.75 Å². The Hall–Kier alpha value is -2.67. The van der Waals surface area contributed by atoms with Gasteiger partial charge >= 0.3 is 0 Å². The van der Waals surface area contributed by atoms with Gasteiger partial charge in [-0.15, -0.1) is 0 Å². The molecule has 1 aromatic carbocycles. The molecule has 0 unspecified atom stereocenters. The first-order valence-electron chi connectivity index (χ1n) is 11.3. The molecule has 32 heavy (non-hydrogen) atoms. The number of nitrogens with two attached hydrogens (primary N) is 2. The number of amides is 1. The minimum Gasteiger partial charge on any atom is -0.489 e. The maximum absolute atomic E-state index is 13.1. The standard InChI is InChI=1S/C25H35FN4O2/c1-17(28)22(18(2)29)15-30-23(31)25-10-7-24(8-11-25,9-12-25)20-3-5-21(6-4-20)32-16-19(13-26)14-27/h3-6,13,28H,7-12,14-16,27,29H2,1-2H3,(H,30,31)/b19-13+,22-18-,28-17?. The van der Waals surface area contributed by atoms with Gasteiger partial charge in [-0.1, -0.05) is 12.1 Å². The second-order valence-electron chi connectivity index (χ2n) is 9.31. The Kier molecular flexibility index (Phi) is 7.39. The van der Waals surface area contributed by atoms with Gasteiger partial charge in [-0.3, -0.25) is 4.79 Å². The summed E-state index contributed by atoms with van der Waals surface area (Å²) in [6.07, 6.45) is 6.02. The van der Waals surface area contributed by atoms with Crippen molar-refractivity contribution in [3.05, 3.63) is 53.0 Å². The van der Waals surface area contributed by atoms with Crippen molar-refractivity contribution < 1.29 is 13.9 Å². The maximum Gasteiger partial charge on any atom is 0.226 e. The van der Waals surface area contributed by atoms with Crippen molar-refractivity contribution in [1.82, 2.24) is 5.32 Å². The van der Waals surface area contributed by atoms with Crippen molar-refractivity contribution in [2.45, 2.75) is 57.8 Å². The molecular weight excluding hydrogens is 407 g/mol. The summed E-state index contributed by atoms with van der Waals surface area (Å²) in [6, 6.07) is 8.07. The summed E-state index contributed by atoms with van der Waals surface area (Å²) in [5, 5.41) is 10.9. The lowest BCUT2D eigenvalue weighted by molar-refractivity contribution is -0.137. The molecule has 0 aromatic heterocycles. The molecule has 1 aromatic rings. The van der Waals surface area contributed by atoms with Crippen LogP contribution < -0.4 is 21.5 Å². The van der Waals surface area contributed by atoms with Gasteiger partial charge in [-0.05, 0) is 75.5 Å². The quantitative estimate of drug-likeness (QED) is 0.435. The van der Waals surface area contributed by atoms with E-state index in [0.717, 1.165) is 38.5 Å². The van der Waals surface area contributed by atoms with E-state index in [2.05, 4.69) is 17.4 Å². The zero-order valence-electron chi connectivity index (χ0n) is 19.1. The largest absolute Gasteiger partial charge is 0.489 e. The van der Waals surface area contributed by atoms with Crippen LogP contribution in [-0.2, 0) is 10.2 Å². The molecule has 3 aliphatic carbocycles. The Balaban J connectivity index is 1.61. The summed E-state index contributed by atoms with van der Waals surface area (Å²) >= 11 is 0. The van der Waals surface area contributed by atoms with Crippen molar-refractivity contribution in [3.63, 3.8) is 0 Å². The molecule has 3 saturated carbocycles. The molecule has 0 radical (unpaired) electrons. The number of hydrogen-bond donors (Lipinski definition) is 4. The maximum atomic E-state index is 13.1. The number of carbonyl (C=O) groups is 1. The summed E-state index contributed by atoms with van der Waals surface area (Å²) in [7, 11) is 0. The van der Waals surface area contributed by atoms with Gasteiger partial charge in [-0.2, -0.15) is 0 Å². The summed E-state index contributed by atoms with van der Waals surface area (Å²) in [5.74, 6) is 0.782. The molecule has 0 saturated heterocycles. The van der Waals surface area contributed by atoms with Gasteiger partial charge in [-0.25, -0.2) is 4.39 Å². The van der Waals surface area contributed by atoms with Crippen molar-refractivity contribution in [2.24, 2.45) is 16.9 Å². The summed E-state index contributed by atoms with van der Waals surface area (Å²) in [4.78, 5) is 13.1. The second kappa shape index (κ2) is 9.86. The molecule has 3 aliphatic rings. The molecule has 0 spiro atoms. The molecule has 0 aliphatic heterocycles. The van der Waals surface area contributed by atoms with E-state index in [0.29, 0.717) is 41.2 Å². The van der Waals surface area contributed by atoms with Crippen LogP contribution in [0.2, 0.25) is 0 Å². The van der Waals surface area contributed by atoms with E-state index in [1.807, 2.05) is 12.1 Å². The van der Waals surface area contributed by atoms with Crippen LogP contribution in [0.4, 0.5) is 4.39 Å². The number of carbonyl (C=O) groups excluding carboxylic acids is 1. The number of benzene rings is 1. The number of ether oxygens (including phenoxy) is 1. The Labute approximate surface area is 189 Å². The highest BCUT2D eigenvalue weighted by molar-refractivity contribution is 5.97. The number of halogens is 1.